The molecule has 1 rings (SSSR count). The summed E-state index contributed by atoms with van der Waals surface area (Å²) in [6.45, 7) is 2.31. The van der Waals surface area contributed by atoms with E-state index in [1.165, 1.54) is 25.1 Å². The Labute approximate surface area is 89.6 Å². The number of aliphatic carboxylic acids is 1. The van der Waals surface area contributed by atoms with Gasteiger partial charge in [0.15, 0.2) is 0 Å². The molecule has 82 valence electrons. The van der Waals surface area contributed by atoms with Gasteiger partial charge in [-0.05, 0) is 49.8 Å². The van der Waals surface area contributed by atoms with Gasteiger partial charge < -0.3 is 10.4 Å². The maximum Gasteiger partial charge on any atom is 0.303 e. The topological polar surface area (TPSA) is 49.3 Å². The van der Waals surface area contributed by atoms with E-state index in [0.29, 0.717) is 6.42 Å². The Balaban J connectivity index is 1.90. The van der Waals surface area contributed by atoms with E-state index in [-0.39, 0.29) is 0 Å². The molecule has 0 spiro atoms. The van der Waals surface area contributed by atoms with Crippen LogP contribution in [0.4, 0.5) is 0 Å². The zero-order valence-corrected chi connectivity index (χ0v) is 9.31. The molecule has 0 saturated carbocycles. The van der Waals surface area contributed by atoms with E-state index in [4.69, 9.17) is 5.11 Å². The van der Waals surface area contributed by atoms with Crippen LogP contribution in [-0.4, -0.2) is 35.7 Å². The van der Waals surface area contributed by atoms with E-state index in [9.17, 15) is 4.79 Å². The van der Waals surface area contributed by atoms with Gasteiger partial charge in [0.05, 0.1) is 0 Å². The Kier molecular flexibility index (Phi) is 6.03. The van der Waals surface area contributed by atoms with Crippen LogP contribution in [0, 0.1) is 5.92 Å². The largest absolute Gasteiger partial charge is 0.481 e. The van der Waals surface area contributed by atoms with Gasteiger partial charge in [0.2, 0.25) is 0 Å². The molecule has 1 atom stereocenters. The average molecular weight is 217 g/mol. The predicted octanol–water partition coefficient (Wildman–Crippen LogP) is 1.58. The number of hydrogen-bond acceptors (Lipinski definition) is 3. The molecule has 0 aromatic rings. The Morgan fingerprint density at radius 3 is 3.07 bits per heavy atom. The zero-order valence-electron chi connectivity index (χ0n) is 8.50. The van der Waals surface area contributed by atoms with Gasteiger partial charge in [-0.2, -0.15) is 11.8 Å². The minimum atomic E-state index is -0.676. The Morgan fingerprint density at radius 2 is 2.43 bits per heavy atom. The number of carboxylic acids is 1. The molecule has 0 aromatic carbocycles. The third-order valence-electron chi connectivity index (χ3n) is 2.43. The zero-order chi connectivity index (χ0) is 10.2. The smallest absolute Gasteiger partial charge is 0.303 e. The van der Waals surface area contributed by atoms with Gasteiger partial charge in [0, 0.05) is 6.42 Å². The first-order valence-corrected chi connectivity index (χ1v) is 6.45. The van der Waals surface area contributed by atoms with Crippen molar-refractivity contribution in [2.75, 3.05) is 24.6 Å². The van der Waals surface area contributed by atoms with Crippen molar-refractivity contribution in [2.45, 2.75) is 25.7 Å². The lowest BCUT2D eigenvalue weighted by Gasteiger charge is -2.22. The fourth-order valence-corrected chi connectivity index (χ4v) is 2.77. The lowest BCUT2D eigenvalue weighted by Crippen LogP contribution is -2.31. The summed E-state index contributed by atoms with van der Waals surface area (Å²) in [6.07, 6.45) is 3.75. The highest BCUT2D eigenvalue weighted by Crippen LogP contribution is 2.17. The van der Waals surface area contributed by atoms with Crippen molar-refractivity contribution in [3.8, 4) is 0 Å². The minimum absolute atomic E-state index is 0.315. The second-order valence-corrected chi connectivity index (χ2v) is 4.93. The maximum absolute atomic E-state index is 10.2. The Morgan fingerprint density at radius 1 is 1.57 bits per heavy atom. The molecule has 1 fully saturated rings. The number of carboxylic acid groups (broad SMARTS) is 1. The fraction of sp³-hybridized carbons (Fsp3) is 0.900. The molecule has 0 radical (unpaired) electrons. The summed E-state index contributed by atoms with van der Waals surface area (Å²) < 4.78 is 0. The van der Waals surface area contributed by atoms with Crippen molar-refractivity contribution < 1.29 is 9.90 Å². The van der Waals surface area contributed by atoms with Crippen LogP contribution in [0.2, 0.25) is 0 Å². The molecule has 1 unspecified atom stereocenters. The molecule has 1 aliphatic heterocycles. The van der Waals surface area contributed by atoms with Crippen LogP contribution >= 0.6 is 11.8 Å². The molecule has 4 heteroatoms. The van der Waals surface area contributed by atoms with Gasteiger partial charge in [-0.15, -0.1) is 0 Å². The van der Waals surface area contributed by atoms with Crippen LogP contribution in [0.25, 0.3) is 0 Å². The predicted molar refractivity (Wildman–Crippen MR) is 59.8 cm³/mol. The Hall–Kier alpha value is -0.220. The minimum Gasteiger partial charge on any atom is -0.481 e. The third kappa shape index (κ3) is 5.50. The van der Waals surface area contributed by atoms with Crippen molar-refractivity contribution in [3.05, 3.63) is 0 Å². The second kappa shape index (κ2) is 7.12. The van der Waals surface area contributed by atoms with Crippen LogP contribution in [-0.2, 0) is 4.79 Å². The van der Waals surface area contributed by atoms with Gasteiger partial charge in [-0.25, -0.2) is 0 Å². The van der Waals surface area contributed by atoms with Crippen molar-refractivity contribution in [2.24, 2.45) is 5.92 Å². The van der Waals surface area contributed by atoms with Crippen molar-refractivity contribution in [3.63, 3.8) is 0 Å². The van der Waals surface area contributed by atoms with Gasteiger partial charge in [0.25, 0.3) is 0 Å². The molecule has 0 aliphatic carbocycles. The molecular formula is C10H19NO2S. The van der Waals surface area contributed by atoms with Crippen molar-refractivity contribution >= 4 is 17.7 Å². The first-order valence-electron chi connectivity index (χ1n) is 5.29. The highest BCUT2D eigenvalue weighted by atomic mass is 32.2. The number of hydrogen-bond donors (Lipinski definition) is 2. The molecule has 0 aromatic heterocycles. The first-order chi connectivity index (χ1) is 6.79. The van der Waals surface area contributed by atoms with E-state index >= 15 is 0 Å². The quantitative estimate of drug-likeness (QED) is 0.663. The molecule has 0 bridgehead atoms. The summed E-state index contributed by atoms with van der Waals surface area (Å²) in [4.78, 5) is 10.2. The van der Waals surface area contributed by atoms with Gasteiger partial charge in [-0.3, -0.25) is 4.79 Å². The fourth-order valence-electron chi connectivity index (χ4n) is 1.64. The summed E-state index contributed by atoms with van der Waals surface area (Å²) in [6, 6.07) is 0. The van der Waals surface area contributed by atoms with Crippen molar-refractivity contribution in [1.29, 1.82) is 0 Å². The molecule has 1 heterocycles. The highest BCUT2D eigenvalue weighted by Gasteiger charge is 2.12. The number of nitrogens with one attached hydrogen (secondary N) is 1. The van der Waals surface area contributed by atoms with Gasteiger partial charge in [-0.1, -0.05) is 0 Å². The molecular weight excluding hydrogens is 198 g/mol. The standard InChI is InChI=1S/C10H19NO2S/c12-10(13)4-2-6-14-8-9-3-1-5-11-7-9/h9,11H,1-8H2,(H,12,13). The molecule has 1 saturated heterocycles. The van der Waals surface area contributed by atoms with E-state index in [0.717, 1.165) is 24.6 Å². The van der Waals surface area contributed by atoms with Crippen LogP contribution in [0.1, 0.15) is 25.7 Å². The summed E-state index contributed by atoms with van der Waals surface area (Å²) in [7, 11) is 0. The lowest BCUT2D eigenvalue weighted by molar-refractivity contribution is -0.137. The SMILES string of the molecule is O=C(O)CCCSCC1CCCNC1. The third-order valence-corrected chi connectivity index (χ3v) is 3.72. The van der Waals surface area contributed by atoms with Crippen molar-refractivity contribution in [1.82, 2.24) is 5.32 Å². The number of rotatable bonds is 6. The van der Waals surface area contributed by atoms with E-state index < -0.39 is 5.97 Å². The summed E-state index contributed by atoms with van der Waals surface area (Å²) in [5.41, 5.74) is 0. The number of thioether (sulfide) groups is 1. The van der Waals surface area contributed by atoms with Crippen LogP contribution < -0.4 is 5.32 Å². The highest BCUT2D eigenvalue weighted by molar-refractivity contribution is 7.99. The molecule has 2 N–H and O–H groups in total. The van der Waals surface area contributed by atoms with Gasteiger partial charge >= 0.3 is 5.97 Å². The van der Waals surface area contributed by atoms with E-state index in [1.54, 1.807) is 0 Å². The number of carbonyl (C=O) groups is 1. The van der Waals surface area contributed by atoms with Crippen LogP contribution in [0.3, 0.4) is 0 Å². The van der Waals surface area contributed by atoms with Gasteiger partial charge in [0.1, 0.15) is 0 Å². The maximum atomic E-state index is 10.2. The average Bonchev–Trinajstić information content (AvgIpc) is 2.18. The summed E-state index contributed by atoms with van der Waals surface area (Å²) in [5, 5.41) is 11.8. The number of piperidine rings is 1. The Bertz CT molecular complexity index is 170. The molecule has 3 nitrogen and oxygen atoms in total. The summed E-state index contributed by atoms with van der Waals surface area (Å²) >= 11 is 1.90. The van der Waals surface area contributed by atoms with E-state index in [1.807, 2.05) is 11.8 Å². The van der Waals surface area contributed by atoms with E-state index in [2.05, 4.69) is 5.32 Å². The first kappa shape index (κ1) is 11.9. The van der Waals surface area contributed by atoms with Crippen LogP contribution in [0.15, 0.2) is 0 Å². The lowest BCUT2D eigenvalue weighted by atomic mass is 10.0. The second-order valence-electron chi connectivity index (χ2n) is 3.78. The monoisotopic (exact) mass is 217 g/mol. The summed E-state index contributed by atoms with van der Waals surface area (Å²) in [5.74, 6) is 2.30. The molecule has 1 aliphatic rings. The normalized spacial score (nSPS) is 22.1. The molecule has 14 heavy (non-hydrogen) atoms. The van der Waals surface area contributed by atoms with Crippen LogP contribution in [0.5, 0.6) is 0 Å². The molecule has 0 amide bonds.